The first-order valence-electron chi connectivity index (χ1n) is 5.84. The molecule has 2 N–H and O–H groups in total. The molecule has 0 saturated heterocycles. The molecule has 0 fully saturated rings. The van der Waals surface area contributed by atoms with Crippen molar-refractivity contribution in [1.29, 1.82) is 0 Å². The Balaban J connectivity index is 2.26. The number of anilines is 1. The van der Waals surface area contributed by atoms with Crippen LogP contribution in [-0.2, 0) is 6.18 Å². The predicted molar refractivity (Wildman–Crippen MR) is 67.8 cm³/mol. The Morgan fingerprint density at radius 2 is 1.81 bits per heavy atom. The second-order valence-corrected chi connectivity index (χ2v) is 4.37. The highest BCUT2D eigenvalue weighted by Gasteiger charge is 2.31. The minimum atomic E-state index is -4.50. The van der Waals surface area contributed by atoms with E-state index in [4.69, 9.17) is 5.73 Å². The van der Waals surface area contributed by atoms with Gasteiger partial charge in [0.15, 0.2) is 11.5 Å². The van der Waals surface area contributed by atoms with Crippen molar-refractivity contribution >= 4 is 11.3 Å². The minimum Gasteiger partial charge on any atom is -0.396 e. The average molecular weight is 296 g/mol. The van der Waals surface area contributed by atoms with Gasteiger partial charge in [-0.1, -0.05) is 6.07 Å². The lowest BCUT2D eigenvalue weighted by Gasteiger charge is -2.08. The largest absolute Gasteiger partial charge is 0.417 e. The summed E-state index contributed by atoms with van der Waals surface area (Å²) in [6.45, 7) is 0. The number of fused-ring (bicyclic) bond motifs is 1. The van der Waals surface area contributed by atoms with Crippen molar-refractivity contribution in [3.05, 3.63) is 47.9 Å². The zero-order chi connectivity index (χ0) is 15.2. The molecule has 8 heteroatoms. The van der Waals surface area contributed by atoms with Crippen molar-refractivity contribution in [2.75, 3.05) is 5.73 Å². The molecule has 2 heterocycles. The van der Waals surface area contributed by atoms with Gasteiger partial charge in [0.1, 0.15) is 5.82 Å². The molecule has 0 radical (unpaired) electrons. The number of alkyl halides is 3. The molecule has 0 atom stereocenters. The maximum Gasteiger partial charge on any atom is 0.417 e. The Morgan fingerprint density at radius 1 is 1.05 bits per heavy atom. The molecule has 0 bridgehead atoms. The summed E-state index contributed by atoms with van der Waals surface area (Å²) in [4.78, 5) is 0. The standard InChI is InChI=1S/C13H8F4N4/c14-9-3-1-2-8(11(9)18)12-20-19-10-5-4-7(6-21(10)12)13(15,16)17/h1-6H,18H2. The summed E-state index contributed by atoms with van der Waals surface area (Å²) in [5.41, 5.74) is 4.96. The Bertz CT molecular complexity index is 823. The highest BCUT2D eigenvalue weighted by molar-refractivity contribution is 5.73. The van der Waals surface area contributed by atoms with E-state index in [1.807, 2.05) is 0 Å². The smallest absolute Gasteiger partial charge is 0.396 e. The second-order valence-electron chi connectivity index (χ2n) is 4.37. The Hall–Kier alpha value is -2.64. The number of nitrogens with two attached hydrogens (primary N) is 1. The number of aromatic nitrogens is 3. The molecule has 3 rings (SSSR count). The van der Waals surface area contributed by atoms with E-state index in [1.54, 1.807) is 0 Å². The van der Waals surface area contributed by atoms with E-state index in [0.29, 0.717) is 0 Å². The first-order valence-corrected chi connectivity index (χ1v) is 5.84. The highest BCUT2D eigenvalue weighted by Crippen LogP contribution is 2.31. The molecule has 108 valence electrons. The zero-order valence-corrected chi connectivity index (χ0v) is 10.4. The van der Waals surface area contributed by atoms with Crippen LogP contribution in [0.25, 0.3) is 17.0 Å². The van der Waals surface area contributed by atoms with Gasteiger partial charge in [-0.2, -0.15) is 13.2 Å². The fourth-order valence-corrected chi connectivity index (χ4v) is 1.97. The van der Waals surface area contributed by atoms with Crippen LogP contribution in [-0.4, -0.2) is 14.6 Å². The van der Waals surface area contributed by atoms with E-state index < -0.39 is 17.6 Å². The van der Waals surface area contributed by atoms with E-state index in [2.05, 4.69) is 10.2 Å². The van der Waals surface area contributed by atoms with E-state index in [1.165, 1.54) is 18.2 Å². The molecule has 0 saturated carbocycles. The molecule has 0 unspecified atom stereocenters. The number of nitrogens with zero attached hydrogens (tertiary/aromatic N) is 3. The molecule has 0 amide bonds. The third-order valence-electron chi connectivity index (χ3n) is 3.02. The second kappa shape index (κ2) is 4.44. The fourth-order valence-electron chi connectivity index (χ4n) is 1.97. The fraction of sp³-hybridized carbons (Fsp3) is 0.0769. The molecule has 1 aromatic carbocycles. The minimum absolute atomic E-state index is 0.0492. The predicted octanol–water partition coefficient (Wildman–Crippen LogP) is 3.14. The molecular weight excluding hydrogens is 288 g/mol. The number of pyridine rings is 1. The van der Waals surface area contributed by atoms with Gasteiger partial charge in [0.05, 0.1) is 11.3 Å². The monoisotopic (exact) mass is 296 g/mol. The lowest BCUT2D eigenvalue weighted by atomic mass is 10.1. The summed E-state index contributed by atoms with van der Waals surface area (Å²) in [6, 6.07) is 6.12. The number of rotatable bonds is 1. The molecule has 0 spiro atoms. The molecule has 2 aromatic heterocycles. The summed E-state index contributed by atoms with van der Waals surface area (Å²) >= 11 is 0. The molecule has 0 aliphatic rings. The third kappa shape index (κ3) is 2.18. The number of hydrogen-bond acceptors (Lipinski definition) is 3. The van der Waals surface area contributed by atoms with Crippen molar-refractivity contribution in [2.24, 2.45) is 0 Å². The highest BCUT2D eigenvalue weighted by atomic mass is 19.4. The van der Waals surface area contributed by atoms with Gasteiger partial charge < -0.3 is 5.73 Å². The number of hydrogen-bond donors (Lipinski definition) is 1. The summed E-state index contributed by atoms with van der Waals surface area (Å²) in [5, 5.41) is 7.55. The third-order valence-corrected chi connectivity index (χ3v) is 3.02. The van der Waals surface area contributed by atoms with E-state index in [9.17, 15) is 17.6 Å². The van der Waals surface area contributed by atoms with Crippen LogP contribution >= 0.6 is 0 Å². The van der Waals surface area contributed by atoms with E-state index in [-0.39, 0.29) is 22.7 Å². The lowest BCUT2D eigenvalue weighted by Crippen LogP contribution is -2.06. The Morgan fingerprint density at radius 3 is 2.52 bits per heavy atom. The van der Waals surface area contributed by atoms with Crippen molar-refractivity contribution in [2.45, 2.75) is 6.18 Å². The lowest BCUT2D eigenvalue weighted by molar-refractivity contribution is -0.137. The van der Waals surface area contributed by atoms with Crippen molar-refractivity contribution in [3.8, 4) is 11.4 Å². The average Bonchev–Trinajstić information content (AvgIpc) is 2.84. The number of para-hydroxylation sites is 1. The van der Waals surface area contributed by atoms with Gasteiger partial charge in [0, 0.05) is 11.8 Å². The SMILES string of the molecule is Nc1c(F)cccc1-c1nnc2ccc(C(F)(F)F)cn12. The van der Waals surface area contributed by atoms with Crippen molar-refractivity contribution < 1.29 is 17.6 Å². The van der Waals surface area contributed by atoms with Gasteiger partial charge in [-0.15, -0.1) is 10.2 Å². The van der Waals surface area contributed by atoms with Crippen LogP contribution in [0.3, 0.4) is 0 Å². The van der Waals surface area contributed by atoms with E-state index in [0.717, 1.165) is 22.7 Å². The topological polar surface area (TPSA) is 56.2 Å². The van der Waals surface area contributed by atoms with Crippen molar-refractivity contribution in [1.82, 2.24) is 14.6 Å². The summed E-state index contributed by atoms with van der Waals surface area (Å²) < 4.78 is 52.9. The van der Waals surface area contributed by atoms with Crippen LogP contribution < -0.4 is 5.73 Å². The van der Waals surface area contributed by atoms with Gasteiger partial charge in [0.2, 0.25) is 0 Å². The molecule has 4 nitrogen and oxygen atoms in total. The van der Waals surface area contributed by atoms with Crippen LogP contribution in [0.1, 0.15) is 5.56 Å². The Labute approximate surface area is 115 Å². The maximum absolute atomic E-state index is 13.5. The summed E-state index contributed by atoms with van der Waals surface area (Å²) in [6.07, 6.45) is -3.64. The van der Waals surface area contributed by atoms with Gasteiger partial charge in [-0.05, 0) is 24.3 Å². The molecular formula is C13H8F4N4. The first kappa shape index (κ1) is 13.3. The van der Waals surface area contributed by atoms with E-state index >= 15 is 0 Å². The van der Waals surface area contributed by atoms with Crippen LogP contribution in [0.2, 0.25) is 0 Å². The van der Waals surface area contributed by atoms with Crippen LogP contribution in [0, 0.1) is 5.82 Å². The number of benzene rings is 1. The number of halogens is 4. The van der Waals surface area contributed by atoms with Gasteiger partial charge >= 0.3 is 6.18 Å². The number of nitrogen functional groups attached to an aromatic ring is 1. The zero-order valence-electron chi connectivity index (χ0n) is 10.4. The Kier molecular flexibility index (Phi) is 2.82. The molecule has 0 aliphatic carbocycles. The van der Waals surface area contributed by atoms with Crippen LogP contribution in [0.15, 0.2) is 36.5 Å². The van der Waals surface area contributed by atoms with Crippen LogP contribution in [0.4, 0.5) is 23.2 Å². The summed E-state index contributed by atoms with van der Waals surface area (Å²) in [5.74, 6) is -0.621. The summed E-state index contributed by atoms with van der Waals surface area (Å²) in [7, 11) is 0. The quantitative estimate of drug-likeness (QED) is 0.554. The normalized spacial score (nSPS) is 12.0. The molecule has 0 aliphatic heterocycles. The van der Waals surface area contributed by atoms with Gasteiger partial charge in [-0.3, -0.25) is 4.40 Å². The molecule has 3 aromatic rings. The first-order chi connectivity index (χ1) is 9.88. The van der Waals surface area contributed by atoms with Crippen LogP contribution in [0.5, 0.6) is 0 Å². The molecule has 21 heavy (non-hydrogen) atoms. The maximum atomic E-state index is 13.5. The van der Waals surface area contributed by atoms with Gasteiger partial charge in [0.25, 0.3) is 0 Å². The van der Waals surface area contributed by atoms with Crippen molar-refractivity contribution in [3.63, 3.8) is 0 Å². The van der Waals surface area contributed by atoms with Gasteiger partial charge in [-0.25, -0.2) is 4.39 Å².